The van der Waals surface area contributed by atoms with E-state index in [4.69, 9.17) is 0 Å². The second kappa shape index (κ2) is 6.70. The van der Waals surface area contributed by atoms with Crippen molar-refractivity contribution in [3.63, 3.8) is 0 Å². The highest BCUT2D eigenvalue weighted by Crippen LogP contribution is 2.21. The van der Waals surface area contributed by atoms with E-state index >= 15 is 0 Å². The molecule has 1 saturated heterocycles. The average molecular weight is 279 g/mol. The maximum Gasteiger partial charge on any atom is 0.221 e. The Morgan fingerprint density at radius 2 is 2.35 bits per heavy atom. The van der Waals surface area contributed by atoms with Crippen molar-refractivity contribution >= 4 is 17.3 Å². The third-order valence-corrected chi connectivity index (χ3v) is 3.49. The van der Waals surface area contributed by atoms with Crippen LogP contribution in [0.2, 0.25) is 0 Å². The molecule has 0 radical (unpaired) electrons. The quantitative estimate of drug-likeness (QED) is 0.777. The molecule has 1 aliphatic heterocycles. The van der Waals surface area contributed by atoms with Gasteiger partial charge < -0.3 is 16.0 Å². The van der Waals surface area contributed by atoms with Crippen LogP contribution < -0.4 is 16.0 Å². The Morgan fingerprint density at radius 1 is 1.55 bits per heavy atom. The molecule has 1 heterocycles. The average Bonchev–Trinajstić information content (AvgIpc) is 2.85. The van der Waals surface area contributed by atoms with Crippen LogP contribution in [0.15, 0.2) is 18.2 Å². The molecule has 110 valence electrons. The first-order chi connectivity index (χ1) is 9.54. The first-order valence-electron chi connectivity index (χ1n) is 7.11. The number of carbonyl (C=O) groups is 1. The highest BCUT2D eigenvalue weighted by Gasteiger charge is 2.17. The van der Waals surface area contributed by atoms with Crippen LogP contribution in [0.1, 0.15) is 33.1 Å². The molecule has 20 heavy (non-hydrogen) atoms. The Balaban J connectivity index is 1.95. The lowest BCUT2D eigenvalue weighted by atomic mass is 10.1. The van der Waals surface area contributed by atoms with E-state index in [1.165, 1.54) is 25.8 Å². The van der Waals surface area contributed by atoms with Gasteiger partial charge in [0.1, 0.15) is 5.82 Å². The summed E-state index contributed by atoms with van der Waals surface area (Å²) in [7, 11) is 0. The fourth-order valence-electron chi connectivity index (χ4n) is 2.63. The van der Waals surface area contributed by atoms with E-state index in [0.717, 1.165) is 18.7 Å². The molecule has 2 unspecified atom stereocenters. The first kappa shape index (κ1) is 14.8. The van der Waals surface area contributed by atoms with E-state index < -0.39 is 5.82 Å². The topological polar surface area (TPSA) is 53.2 Å². The summed E-state index contributed by atoms with van der Waals surface area (Å²) in [4.78, 5) is 11.0. The number of hydrogen-bond donors (Lipinski definition) is 3. The van der Waals surface area contributed by atoms with Gasteiger partial charge in [0.25, 0.3) is 0 Å². The van der Waals surface area contributed by atoms with Gasteiger partial charge in [0.15, 0.2) is 0 Å². The lowest BCUT2D eigenvalue weighted by molar-refractivity contribution is -0.114. The van der Waals surface area contributed by atoms with E-state index in [9.17, 15) is 9.18 Å². The molecule has 0 aromatic heterocycles. The largest absolute Gasteiger partial charge is 0.382 e. The van der Waals surface area contributed by atoms with Crippen molar-refractivity contribution in [2.75, 3.05) is 17.2 Å². The van der Waals surface area contributed by atoms with Crippen molar-refractivity contribution < 1.29 is 9.18 Å². The molecule has 3 N–H and O–H groups in total. The Morgan fingerprint density at radius 3 is 3.00 bits per heavy atom. The zero-order valence-electron chi connectivity index (χ0n) is 12.0. The first-order valence-corrected chi connectivity index (χ1v) is 7.11. The summed E-state index contributed by atoms with van der Waals surface area (Å²) in [5.74, 6) is -0.694. The molecule has 1 amide bonds. The molecule has 2 rings (SSSR count). The molecular formula is C15H22FN3O. The third kappa shape index (κ3) is 4.20. The van der Waals surface area contributed by atoms with Gasteiger partial charge in [0.05, 0.1) is 5.69 Å². The number of carbonyl (C=O) groups excluding carboxylic acids is 1. The van der Waals surface area contributed by atoms with Gasteiger partial charge in [0, 0.05) is 24.7 Å². The molecule has 1 fully saturated rings. The number of halogens is 1. The van der Waals surface area contributed by atoms with E-state index in [1.807, 2.05) is 0 Å². The standard InChI is InChI=1S/C15H22FN3O/c1-10(8-12-4-3-7-17-12)18-13-5-6-14(16)15(9-13)19-11(2)20/h5-6,9-10,12,17-18H,3-4,7-8H2,1-2H3,(H,19,20). The van der Waals surface area contributed by atoms with Crippen molar-refractivity contribution in [2.24, 2.45) is 0 Å². The zero-order chi connectivity index (χ0) is 14.5. The smallest absolute Gasteiger partial charge is 0.221 e. The van der Waals surface area contributed by atoms with Gasteiger partial charge in [-0.2, -0.15) is 0 Å². The number of rotatable bonds is 5. The predicted octanol–water partition coefficient (Wildman–Crippen LogP) is 2.73. The molecule has 0 aliphatic carbocycles. The summed E-state index contributed by atoms with van der Waals surface area (Å²) in [5.41, 5.74) is 1.04. The highest BCUT2D eigenvalue weighted by molar-refractivity contribution is 5.89. The van der Waals surface area contributed by atoms with E-state index in [2.05, 4.69) is 22.9 Å². The van der Waals surface area contributed by atoms with Crippen molar-refractivity contribution in [2.45, 2.75) is 45.2 Å². The molecule has 0 bridgehead atoms. The molecule has 5 heteroatoms. The monoisotopic (exact) mass is 279 g/mol. The minimum absolute atomic E-state index is 0.216. The summed E-state index contributed by atoms with van der Waals surface area (Å²) in [6.45, 7) is 4.58. The van der Waals surface area contributed by atoms with Crippen molar-refractivity contribution in [3.8, 4) is 0 Å². The van der Waals surface area contributed by atoms with E-state index in [0.29, 0.717) is 12.1 Å². The molecule has 1 aromatic carbocycles. The van der Waals surface area contributed by atoms with Crippen LogP contribution in [-0.4, -0.2) is 24.5 Å². The van der Waals surface area contributed by atoms with Gasteiger partial charge in [-0.15, -0.1) is 0 Å². The van der Waals surface area contributed by atoms with Gasteiger partial charge in [-0.3, -0.25) is 4.79 Å². The molecule has 1 aromatic rings. The summed E-state index contributed by atoms with van der Waals surface area (Å²) in [5, 5.41) is 9.31. The van der Waals surface area contributed by atoms with Gasteiger partial charge in [-0.25, -0.2) is 4.39 Å². The van der Waals surface area contributed by atoms with Crippen molar-refractivity contribution in [1.82, 2.24) is 5.32 Å². The Bertz CT molecular complexity index is 472. The van der Waals surface area contributed by atoms with Gasteiger partial charge >= 0.3 is 0 Å². The van der Waals surface area contributed by atoms with Crippen LogP contribution in [0.5, 0.6) is 0 Å². The van der Waals surface area contributed by atoms with E-state index in [1.54, 1.807) is 12.1 Å². The molecule has 2 atom stereocenters. The molecule has 0 saturated carbocycles. The van der Waals surface area contributed by atoms with Crippen LogP contribution >= 0.6 is 0 Å². The Kier molecular flexibility index (Phi) is 4.95. The second-order valence-electron chi connectivity index (χ2n) is 5.45. The van der Waals surface area contributed by atoms with Crippen LogP contribution in [0, 0.1) is 5.82 Å². The number of benzene rings is 1. The maximum absolute atomic E-state index is 13.5. The highest BCUT2D eigenvalue weighted by atomic mass is 19.1. The van der Waals surface area contributed by atoms with Crippen LogP contribution in [0.25, 0.3) is 0 Å². The van der Waals surface area contributed by atoms with E-state index in [-0.39, 0.29) is 11.6 Å². The summed E-state index contributed by atoms with van der Waals surface area (Å²) >= 11 is 0. The number of anilines is 2. The van der Waals surface area contributed by atoms with Crippen molar-refractivity contribution in [3.05, 3.63) is 24.0 Å². The summed E-state index contributed by atoms with van der Waals surface area (Å²) < 4.78 is 13.5. The minimum atomic E-state index is -0.420. The molecular weight excluding hydrogens is 257 g/mol. The van der Waals surface area contributed by atoms with Gasteiger partial charge in [-0.05, 0) is 50.9 Å². The zero-order valence-corrected chi connectivity index (χ0v) is 12.0. The summed E-state index contributed by atoms with van der Waals surface area (Å²) in [6, 6.07) is 5.55. The van der Waals surface area contributed by atoms with Gasteiger partial charge in [-0.1, -0.05) is 0 Å². The number of nitrogens with one attached hydrogen (secondary N) is 3. The molecule has 1 aliphatic rings. The second-order valence-corrected chi connectivity index (χ2v) is 5.45. The Hall–Kier alpha value is -1.62. The molecule has 4 nitrogen and oxygen atoms in total. The lowest BCUT2D eigenvalue weighted by Gasteiger charge is -2.20. The fourth-order valence-corrected chi connectivity index (χ4v) is 2.63. The third-order valence-electron chi connectivity index (χ3n) is 3.49. The van der Waals surface area contributed by atoms with Crippen molar-refractivity contribution in [1.29, 1.82) is 0 Å². The predicted molar refractivity (Wildman–Crippen MR) is 79.4 cm³/mol. The summed E-state index contributed by atoms with van der Waals surface area (Å²) in [6.07, 6.45) is 3.49. The van der Waals surface area contributed by atoms with Crippen LogP contribution in [0.4, 0.5) is 15.8 Å². The fraction of sp³-hybridized carbons (Fsp3) is 0.533. The lowest BCUT2D eigenvalue weighted by Crippen LogP contribution is -2.29. The maximum atomic E-state index is 13.5. The van der Waals surface area contributed by atoms with Crippen LogP contribution in [0.3, 0.4) is 0 Å². The number of hydrogen-bond acceptors (Lipinski definition) is 3. The number of amides is 1. The Labute approximate surface area is 119 Å². The van der Waals surface area contributed by atoms with Crippen LogP contribution in [-0.2, 0) is 4.79 Å². The minimum Gasteiger partial charge on any atom is -0.382 e. The normalized spacial score (nSPS) is 19.6. The van der Waals surface area contributed by atoms with Gasteiger partial charge in [0.2, 0.25) is 5.91 Å². The SMILES string of the molecule is CC(=O)Nc1cc(NC(C)CC2CCCN2)ccc1F. The molecule has 0 spiro atoms.